The number of amides is 2. The number of thiophene rings is 1. The Morgan fingerprint density at radius 1 is 1.35 bits per heavy atom. The van der Waals surface area contributed by atoms with Gasteiger partial charge in [-0.2, -0.15) is 11.3 Å². The second-order valence-corrected chi connectivity index (χ2v) is 6.33. The fraction of sp³-hybridized carbons (Fsp3) is 0.353. The number of likely N-dealkylation sites (N-methyl/N-ethyl adjacent to an activating group) is 1. The molecule has 0 bridgehead atoms. The highest BCUT2D eigenvalue weighted by Crippen LogP contribution is 2.23. The summed E-state index contributed by atoms with van der Waals surface area (Å²) in [6.07, 6.45) is 0. The third-order valence-corrected chi connectivity index (χ3v) is 4.75. The number of hydrogen-bond acceptors (Lipinski definition) is 5. The smallest absolute Gasteiger partial charge is 0.319 e. The number of carbonyl (C=O) groups excluding carboxylic acids is 1. The first-order chi connectivity index (χ1) is 12.5. The minimum Gasteiger partial charge on any atom is -0.336 e. The molecule has 26 heavy (non-hydrogen) atoms. The van der Waals surface area contributed by atoms with Crippen LogP contribution in [-0.4, -0.2) is 35.5 Å². The number of rotatable bonds is 8. The number of nitrogens with zero attached hydrogens (tertiary/aromatic N) is 2. The summed E-state index contributed by atoms with van der Waals surface area (Å²) in [6, 6.07) is 4.39. The zero-order valence-corrected chi connectivity index (χ0v) is 15.4. The Bertz CT molecular complexity index is 750. The average Bonchev–Trinajstić information content (AvgIpc) is 3.14. The number of nitrogens with one attached hydrogen (secondary N) is 2. The van der Waals surface area contributed by atoms with E-state index in [4.69, 9.17) is 0 Å². The fourth-order valence-corrected chi connectivity index (χ4v) is 3.37. The third kappa shape index (κ3) is 4.99. The normalized spacial score (nSPS) is 12.0. The van der Waals surface area contributed by atoms with Crippen molar-refractivity contribution in [1.82, 2.24) is 10.2 Å². The van der Waals surface area contributed by atoms with Gasteiger partial charge in [-0.3, -0.25) is 15.0 Å². The van der Waals surface area contributed by atoms with E-state index in [0.717, 1.165) is 36.9 Å². The van der Waals surface area contributed by atoms with Crippen molar-refractivity contribution in [3.8, 4) is 0 Å². The highest BCUT2D eigenvalue weighted by molar-refractivity contribution is 7.07. The number of carbonyl (C=O) groups is 1. The van der Waals surface area contributed by atoms with Crippen LogP contribution in [0.3, 0.4) is 0 Å². The van der Waals surface area contributed by atoms with Crippen molar-refractivity contribution in [2.75, 3.05) is 25.0 Å². The molecule has 0 spiro atoms. The van der Waals surface area contributed by atoms with E-state index in [9.17, 15) is 19.3 Å². The lowest BCUT2D eigenvalue weighted by atomic mass is 10.1. The number of urea groups is 1. The van der Waals surface area contributed by atoms with Crippen LogP contribution in [0.5, 0.6) is 0 Å². The summed E-state index contributed by atoms with van der Waals surface area (Å²) < 4.78 is 13.8. The van der Waals surface area contributed by atoms with Crippen LogP contribution in [0.15, 0.2) is 35.0 Å². The molecule has 0 aliphatic carbocycles. The summed E-state index contributed by atoms with van der Waals surface area (Å²) in [7, 11) is 0. The molecule has 1 heterocycles. The molecule has 0 radical (unpaired) electrons. The Morgan fingerprint density at radius 2 is 2.08 bits per heavy atom. The van der Waals surface area contributed by atoms with Gasteiger partial charge in [0.25, 0.3) is 5.69 Å². The van der Waals surface area contributed by atoms with Crippen molar-refractivity contribution < 1.29 is 14.1 Å². The maximum absolute atomic E-state index is 13.8. The summed E-state index contributed by atoms with van der Waals surface area (Å²) in [6.45, 7) is 6.06. The van der Waals surface area contributed by atoms with Gasteiger partial charge in [0.05, 0.1) is 16.7 Å². The van der Waals surface area contributed by atoms with E-state index >= 15 is 0 Å². The van der Waals surface area contributed by atoms with Gasteiger partial charge < -0.3 is 10.6 Å². The molecule has 0 fully saturated rings. The van der Waals surface area contributed by atoms with Gasteiger partial charge in [0.15, 0.2) is 0 Å². The van der Waals surface area contributed by atoms with E-state index in [-0.39, 0.29) is 17.4 Å². The molecule has 2 aromatic rings. The lowest BCUT2D eigenvalue weighted by Gasteiger charge is -2.29. The van der Waals surface area contributed by atoms with Crippen molar-refractivity contribution >= 4 is 28.7 Å². The quantitative estimate of drug-likeness (QED) is 0.535. The van der Waals surface area contributed by atoms with Gasteiger partial charge in [0.1, 0.15) is 5.82 Å². The van der Waals surface area contributed by atoms with Crippen LogP contribution >= 0.6 is 11.3 Å². The highest BCUT2D eigenvalue weighted by atomic mass is 32.1. The molecular weight excluding hydrogens is 359 g/mol. The summed E-state index contributed by atoms with van der Waals surface area (Å²) in [5.74, 6) is -0.733. The van der Waals surface area contributed by atoms with Crippen molar-refractivity contribution in [2.24, 2.45) is 0 Å². The standard InChI is InChI=1S/C17H21FN4O3S/c1-3-21(4-2)16(12-7-8-26-11-12)10-19-17(23)20-15-9-13(22(24)25)5-6-14(15)18/h5-9,11,16H,3-4,10H2,1-2H3,(H2,19,20,23)/t16-/m0/s1. The van der Waals surface area contributed by atoms with E-state index in [2.05, 4.69) is 15.5 Å². The van der Waals surface area contributed by atoms with Gasteiger partial charge in [-0.15, -0.1) is 0 Å². The predicted octanol–water partition coefficient (Wildman–Crippen LogP) is 4.00. The van der Waals surface area contributed by atoms with Gasteiger partial charge in [0.2, 0.25) is 0 Å². The lowest BCUT2D eigenvalue weighted by molar-refractivity contribution is -0.384. The van der Waals surface area contributed by atoms with Crippen LogP contribution in [0, 0.1) is 15.9 Å². The molecule has 0 aliphatic heterocycles. The van der Waals surface area contributed by atoms with Gasteiger partial charge in [-0.25, -0.2) is 9.18 Å². The molecule has 0 saturated heterocycles. The highest BCUT2D eigenvalue weighted by Gasteiger charge is 2.20. The summed E-state index contributed by atoms with van der Waals surface area (Å²) in [4.78, 5) is 24.5. The van der Waals surface area contributed by atoms with Crippen molar-refractivity contribution in [1.29, 1.82) is 0 Å². The second-order valence-electron chi connectivity index (χ2n) is 5.55. The van der Waals surface area contributed by atoms with Crippen LogP contribution < -0.4 is 10.6 Å². The first-order valence-corrected chi connectivity index (χ1v) is 9.15. The van der Waals surface area contributed by atoms with Gasteiger partial charge >= 0.3 is 6.03 Å². The topological polar surface area (TPSA) is 87.5 Å². The lowest BCUT2D eigenvalue weighted by Crippen LogP contribution is -2.39. The Morgan fingerprint density at radius 3 is 2.65 bits per heavy atom. The largest absolute Gasteiger partial charge is 0.336 e. The van der Waals surface area contributed by atoms with Crippen LogP contribution in [0.4, 0.5) is 20.6 Å². The Kier molecular flexibility index (Phi) is 7.05. The maximum atomic E-state index is 13.8. The summed E-state index contributed by atoms with van der Waals surface area (Å²) >= 11 is 1.58. The van der Waals surface area contributed by atoms with Crippen LogP contribution in [-0.2, 0) is 0 Å². The van der Waals surface area contributed by atoms with Crippen molar-refractivity contribution in [3.63, 3.8) is 0 Å². The number of benzene rings is 1. The second kappa shape index (κ2) is 9.25. The van der Waals surface area contributed by atoms with E-state index < -0.39 is 16.8 Å². The Labute approximate surface area is 155 Å². The maximum Gasteiger partial charge on any atom is 0.319 e. The van der Waals surface area contributed by atoms with Crippen LogP contribution in [0.25, 0.3) is 0 Å². The summed E-state index contributed by atoms with van der Waals surface area (Å²) in [5, 5.41) is 19.9. The van der Waals surface area contributed by atoms with Gasteiger partial charge in [0, 0.05) is 18.7 Å². The van der Waals surface area contributed by atoms with Crippen LogP contribution in [0.2, 0.25) is 0 Å². The Balaban J connectivity index is 2.04. The van der Waals surface area contributed by atoms with E-state index in [1.165, 1.54) is 0 Å². The molecule has 140 valence electrons. The van der Waals surface area contributed by atoms with Gasteiger partial charge in [-0.05, 0) is 41.5 Å². The molecule has 0 aliphatic rings. The number of anilines is 1. The minimum atomic E-state index is -0.733. The predicted molar refractivity (Wildman–Crippen MR) is 100 cm³/mol. The molecule has 2 rings (SSSR count). The zero-order valence-electron chi connectivity index (χ0n) is 14.6. The average molecular weight is 380 g/mol. The SMILES string of the molecule is CCN(CC)[C@@H](CNC(=O)Nc1cc([N+](=O)[O-])ccc1F)c1ccsc1. The molecule has 9 heteroatoms. The number of halogens is 1. The first kappa shape index (κ1) is 19.8. The Hall–Kier alpha value is -2.52. The van der Waals surface area contributed by atoms with E-state index in [0.29, 0.717) is 6.54 Å². The molecule has 2 amide bonds. The number of non-ortho nitro benzene ring substituents is 1. The minimum absolute atomic E-state index is 0.00282. The number of hydrogen-bond donors (Lipinski definition) is 2. The van der Waals surface area contributed by atoms with Crippen molar-refractivity contribution in [3.05, 3.63) is 56.5 Å². The number of nitro groups is 1. The van der Waals surface area contributed by atoms with Crippen LogP contribution in [0.1, 0.15) is 25.5 Å². The molecule has 0 saturated carbocycles. The first-order valence-electron chi connectivity index (χ1n) is 8.21. The molecule has 0 unspecified atom stereocenters. The van der Waals surface area contributed by atoms with E-state index in [1.807, 2.05) is 30.7 Å². The number of nitro benzene ring substituents is 1. The van der Waals surface area contributed by atoms with Gasteiger partial charge in [-0.1, -0.05) is 13.8 Å². The summed E-state index contributed by atoms with van der Waals surface area (Å²) in [5.41, 5.74) is 0.577. The van der Waals surface area contributed by atoms with Crippen molar-refractivity contribution in [2.45, 2.75) is 19.9 Å². The molecule has 1 aromatic heterocycles. The molecule has 2 N–H and O–H groups in total. The third-order valence-electron chi connectivity index (χ3n) is 4.05. The molecular formula is C17H21FN4O3S. The monoisotopic (exact) mass is 380 g/mol. The molecule has 1 aromatic carbocycles. The fourth-order valence-electron chi connectivity index (χ4n) is 2.67. The zero-order chi connectivity index (χ0) is 19.1. The molecule has 1 atom stereocenters. The van der Waals surface area contributed by atoms with E-state index in [1.54, 1.807) is 11.3 Å². The molecule has 7 nitrogen and oxygen atoms in total.